The van der Waals surface area contributed by atoms with E-state index in [2.05, 4.69) is 12.2 Å². The topological polar surface area (TPSA) is 47.6 Å². The van der Waals surface area contributed by atoms with Crippen LogP contribution in [-0.4, -0.2) is 25.2 Å². The molecule has 1 aliphatic rings. The number of carbonyl (C=O) groups excluding carboxylic acids is 1. The standard InChI is InChI=1S/C22H29NO3/c1-3-16-26-22(14-8-4-5-9-15-22)21(24)23-19-12-13-20(25-2)18-11-7-6-10-17(18)19/h6-7,10-13H,3-5,8-9,14-16H2,1-2H3,(H,23,24). The first kappa shape index (κ1) is 18.7. The van der Waals surface area contributed by atoms with E-state index >= 15 is 0 Å². The summed E-state index contributed by atoms with van der Waals surface area (Å²) >= 11 is 0. The van der Waals surface area contributed by atoms with Gasteiger partial charge in [-0.25, -0.2) is 0 Å². The molecule has 1 amide bonds. The third kappa shape index (κ3) is 3.85. The van der Waals surface area contributed by atoms with Gasteiger partial charge in [0, 0.05) is 23.1 Å². The Hall–Kier alpha value is -2.07. The molecular formula is C22H29NO3. The number of benzene rings is 2. The van der Waals surface area contributed by atoms with Gasteiger partial charge in [0.15, 0.2) is 0 Å². The second-order valence-corrected chi connectivity index (χ2v) is 7.07. The average molecular weight is 355 g/mol. The quantitative estimate of drug-likeness (QED) is 0.715. The molecule has 0 unspecified atom stereocenters. The van der Waals surface area contributed by atoms with E-state index in [-0.39, 0.29) is 5.91 Å². The SMILES string of the molecule is CCCOC1(C(=O)Nc2ccc(OC)c3ccccc23)CCCCCC1. The van der Waals surface area contributed by atoms with Crippen molar-refractivity contribution < 1.29 is 14.3 Å². The predicted octanol–water partition coefficient (Wildman–Crippen LogP) is 5.31. The van der Waals surface area contributed by atoms with Crippen molar-refractivity contribution >= 4 is 22.4 Å². The Labute approximate surface area is 155 Å². The zero-order chi connectivity index (χ0) is 18.4. The Morgan fingerprint density at radius 3 is 2.38 bits per heavy atom. The lowest BCUT2D eigenvalue weighted by Crippen LogP contribution is -2.45. The highest BCUT2D eigenvalue weighted by Crippen LogP contribution is 2.35. The van der Waals surface area contributed by atoms with Crippen molar-refractivity contribution in [3.05, 3.63) is 36.4 Å². The summed E-state index contributed by atoms with van der Waals surface area (Å²) in [6.07, 6.45) is 6.95. The normalized spacial score (nSPS) is 16.8. The van der Waals surface area contributed by atoms with Crippen LogP contribution in [-0.2, 0) is 9.53 Å². The highest BCUT2D eigenvalue weighted by Gasteiger charge is 2.39. The fourth-order valence-electron chi connectivity index (χ4n) is 3.83. The molecule has 1 saturated carbocycles. The van der Waals surface area contributed by atoms with Gasteiger partial charge in [-0.05, 0) is 31.4 Å². The number of ether oxygens (including phenoxy) is 2. The van der Waals surface area contributed by atoms with Gasteiger partial charge in [0.1, 0.15) is 11.4 Å². The summed E-state index contributed by atoms with van der Waals surface area (Å²) in [6.45, 7) is 2.70. The molecule has 140 valence electrons. The molecule has 0 radical (unpaired) electrons. The Kier molecular flexibility index (Phi) is 6.15. The van der Waals surface area contributed by atoms with Crippen LogP contribution in [0.3, 0.4) is 0 Å². The lowest BCUT2D eigenvalue weighted by atomic mass is 9.92. The number of anilines is 1. The maximum absolute atomic E-state index is 13.3. The predicted molar refractivity (Wildman–Crippen MR) is 106 cm³/mol. The molecule has 1 fully saturated rings. The molecule has 4 nitrogen and oxygen atoms in total. The molecule has 3 rings (SSSR count). The van der Waals surface area contributed by atoms with Gasteiger partial charge in [0.05, 0.1) is 7.11 Å². The molecule has 2 aromatic carbocycles. The second-order valence-electron chi connectivity index (χ2n) is 7.07. The molecule has 1 aliphatic carbocycles. The van der Waals surface area contributed by atoms with Crippen molar-refractivity contribution in [1.29, 1.82) is 0 Å². The van der Waals surface area contributed by atoms with Crippen LogP contribution in [0.25, 0.3) is 10.8 Å². The summed E-state index contributed by atoms with van der Waals surface area (Å²) in [5, 5.41) is 5.15. The Morgan fingerprint density at radius 1 is 1.04 bits per heavy atom. The maximum Gasteiger partial charge on any atom is 0.256 e. The fraction of sp³-hybridized carbons (Fsp3) is 0.500. The molecular weight excluding hydrogens is 326 g/mol. The van der Waals surface area contributed by atoms with E-state index in [1.165, 1.54) is 12.8 Å². The first-order valence-corrected chi connectivity index (χ1v) is 9.71. The number of carbonyl (C=O) groups is 1. The average Bonchev–Trinajstić information content (AvgIpc) is 2.93. The number of amides is 1. The van der Waals surface area contributed by atoms with E-state index in [9.17, 15) is 4.79 Å². The molecule has 0 aliphatic heterocycles. The van der Waals surface area contributed by atoms with E-state index in [0.29, 0.717) is 6.61 Å². The summed E-state index contributed by atoms with van der Waals surface area (Å²) in [5.74, 6) is 0.799. The highest BCUT2D eigenvalue weighted by molar-refractivity contribution is 6.06. The minimum absolute atomic E-state index is 0.0110. The number of methoxy groups -OCH3 is 1. The van der Waals surface area contributed by atoms with Crippen LogP contribution in [0.1, 0.15) is 51.9 Å². The maximum atomic E-state index is 13.3. The lowest BCUT2D eigenvalue weighted by molar-refractivity contribution is -0.143. The third-order valence-electron chi connectivity index (χ3n) is 5.26. The van der Waals surface area contributed by atoms with Crippen molar-refractivity contribution in [1.82, 2.24) is 0 Å². The number of nitrogens with one attached hydrogen (secondary N) is 1. The van der Waals surface area contributed by atoms with Crippen molar-refractivity contribution in [2.24, 2.45) is 0 Å². The van der Waals surface area contributed by atoms with Crippen molar-refractivity contribution in [3.63, 3.8) is 0 Å². The van der Waals surface area contributed by atoms with Crippen molar-refractivity contribution in [2.45, 2.75) is 57.5 Å². The van der Waals surface area contributed by atoms with E-state index in [0.717, 1.165) is 54.3 Å². The zero-order valence-electron chi connectivity index (χ0n) is 15.8. The molecule has 4 heteroatoms. The molecule has 0 saturated heterocycles. The molecule has 1 N–H and O–H groups in total. The highest BCUT2D eigenvalue weighted by atomic mass is 16.5. The van der Waals surface area contributed by atoms with Crippen LogP contribution in [0, 0.1) is 0 Å². The summed E-state index contributed by atoms with van der Waals surface area (Å²) in [4.78, 5) is 13.3. The van der Waals surface area contributed by atoms with Crippen LogP contribution >= 0.6 is 0 Å². The van der Waals surface area contributed by atoms with Crippen LogP contribution in [0.15, 0.2) is 36.4 Å². The van der Waals surface area contributed by atoms with E-state index < -0.39 is 5.60 Å². The van der Waals surface area contributed by atoms with Gasteiger partial charge in [-0.3, -0.25) is 4.79 Å². The summed E-state index contributed by atoms with van der Waals surface area (Å²) in [7, 11) is 1.67. The minimum Gasteiger partial charge on any atom is -0.496 e. The molecule has 26 heavy (non-hydrogen) atoms. The number of hydrogen-bond donors (Lipinski definition) is 1. The minimum atomic E-state index is -0.701. The Balaban J connectivity index is 1.91. The summed E-state index contributed by atoms with van der Waals surface area (Å²) in [5.41, 5.74) is 0.114. The van der Waals surface area contributed by atoms with Gasteiger partial charge >= 0.3 is 0 Å². The van der Waals surface area contributed by atoms with Gasteiger partial charge in [-0.2, -0.15) is 0 Å². The van der Waals surface area contributed by atoms with Gasteiger partial charge < -0.3 is 14.8 Å². The molecule has 0 aromatic heterocycles. The van der Waals surface area contributed by atoms with Gasteiger partial charge in [0.25, 0.3) is 5.91 Å². The third-order valence-corrected chi connectivity index (χ3v) is 5.26. The first-order chi connectivity index (χ1) is 12.7. The number of rotatable bonds is 6. The van der Waals surface area contributed by atoms with Crippen LogP contribution < -0.4 is 10.1 Å². The second kappa shape index (κ2) is 8.54. The summed E-state index contributed by atoms with van der Waals surface area (Å²) in [6, 6.07) is 11.8. The first-order valence-electron chi connectivity index (χ1n) is 9.71. The molecule has 0 heterocycles. The fourth-order valence-corrected chi connectivity index (χ4v) is 3.83. The van der Waals surface area contributed by atoms with Crippen LogP contribution in [0.4, 0.5) is 5.69 Å². The van der Waals surface area contributed by atoms with E-state index in [4.69, 9.17) is 9.47 Å². The Morgan fingerprint density at radius 2 is 1.73 bits per heavy atom. The Bertz CT molecular complexity index is 748. The largest absolute Gasteiger partial charge is 0.496 e. The molecule has 0 atom stereocenters. The molecule has 0 spiro atoms. The molecule has 2 aromatic rings. The summed E-state index contributed by atoms with van der Waals surface area (Å²) < 4.78 is 11.6. The van der Waals surface area contributed by atoms with E-state index in [1.807, 2.05) is 36.4 Å². The monoisotopic (exact) mass is 355 g/mol. The number of hydrogen-bond acceptors (Lipinski definition) is 3. The van der Waals surface area contributed by atoms with Crippen molar-refractivity contribution in [3.8, 4) is 5.75 Å². The lowest BCUT2D eigenvalue weighted by Gasteiger charge is -2.31. The van der Waals surface area contributed by atoms with Gasteiger partial charge in [-0.15, -0.1) is 0 Å². The van der Waals surface area contributed by atoms with E-state index in [1.54, 1.807) is 7.11 Å². The van der Waals surface area contributed by atoms with Gasteiger partial charge in [-0.1, -0.05) is 56.9 Å². The van der Waals surface area contributed by atoms with Gasteiger partial charge in [0.2, 0.25) is 0 Å². The smallest absolute Gasteiger partial charge is 0.256 e. The zero-order valence-corrected chi connectivity index (χ0v) is 15.8. The van der Waals surface area contributed by atoms with Crippen LogP contribution in [0.2, 0.25) is 0 Å². The molecule has 0 bridgehead atoms. The van der Waals surface area contributed by atoms with Crippen molar-refractivity contribution in [2.75, 3.05) is 19.0 Å². The van der Waals surface area contributed by atoms with Crippen LogP contribution in [0.5, 0.6) is 5.75 Å². The number of fused-ring (bicyclic) bond motifs is 1.